The maximum Gasteiger partial charge on any atom is 0.257 e. The molecule has 1 aliphatic rings. The van der Waals surface area contributed by atoms with E-state index in [-0.39, 0.29) is 5.91 Å². The summed E-state index contributed by atoms with van der Waals surface area (Å²) < 4.78 is 5.32. The van der Waals surface area contributed by atoms with Gasteiger partial charge in [0.25, 0.3) is 5.91 Å². The van der Waals surface area contributed by atoms with Crippen LogP contribution in [0.3, 0.4) is 0 Å². The molecule has 0 radical (unpaired) electrons. The van der Waals surface area contributed by atoms with Crippen molar-refractivity contribution in [3.05, 3.63) is 47.7 Å². The minimum Gasteiger partial charge on any atom is -0.364 e. The van der Waals surface area contributed by atoms with Gasteiger partial charge >= 0.3 is 0 Å². The third-order valence-corrected chi connectivity index (χ3v) is 5.27. The number of rotatable bonds is 4. The molecule has 0 unspecified atom stereocenters. The normalized spacial score (nSPS) is 12.4. The second-order valence-electron chi connectivity index (χ2n) is 5.11. The standard InChI is InChI=1S/C16H13N5O2S2/c1-23-9-21-11-8-10(14(22)20-16-19-6-7-24-16)2-3-12(11)25-15-13(21)17-4-5-18-15/h2-8H,9H2,1H3,(H,19,20,22). The molecule has 1 amide bonds. The number of aromatic nitrogens is 3. The molecule has 0 saturated carbocycles. The molecule has 4 rings (SSSR count). The van der Waals surface area contributed by atoms with E-state index in [1.807, 2.05) is 22.4 Å². The fourth-order valence-electron chi connectivity index (χ4n) is 2.46. The maximum absolute atomic E-state index is 12.5. The van der Waals surface area contributed by atoms with Crippen molar-refractivity contribution in [1.29, 1.82) is 0 Å². The van der Waals surface area contributed by atoms with E-state index in [0.717, 1.165) is 21.4 Å². The van der Waals surface area contributed by atoms with E-state index >= 15 is 0 Å². The Labute approximate surface area is 152 Å². The Morgan fingerprint density at radius 3 is 2.92 bits per heavy atom. The van der Waals surface area contributed by atoms with E-state index < -0.39 is 0 Å². The summed E-state index contributed by atoms with van der Waals surface area (Å²) in [6.07, 6.45) is 4.96. The zero-order valence-electron chi connectivity index (χ0n) is 13.2. The van der Waals surface area contributed by atoms with Gasteiger partial charge in [-0.05, 0) is 18.2 Å². The summed E-state index contributed by atoms with van der Waals surface area (Å²) in [6, 6.07) is 5.54. The number of nitrogens with zero attached hydrogens (tertiary/aromatic N) is 4. The van der Waals surface area contributed by atoms with Gasteiger partial charge in [-0.1, -0.05) is 11.8 Å². The average molecular weight is 371 g/mol. The van der Waals surface area contributed by atoms with Crippen LogP contribution in [0.15, 0.2) is 52.1 Å². The smallest absolute Gasteiger partial charge is 0.257 e. The molecule has 2 aromatic heterocycles. The topological polar surface area (TPSA) is 80.2 Å². The molecule has 0 spiro atoms. The molecular weight excluding hydrogens is 358 g/mol. The molecule has 25 heavy (non-hydrogen) atoms. The van der Waals surface area contributed by atoms with Crippen molar-refractivity contribution >= 4 is 45.6 Å². The van der Waals surface area contributed by atoms with Crippen LogP contribution in [0.2, 0.25) is 0 Å². The molecule has 7 nitrogen and oxygen atoms in total. The second kappa shape index (κ2) is 6.79. The lowest BCUT2D eigenvalue weighted by Crippen LogP contribution is -2.25. The van der Waals surface area contributed by atoms with E-state index in [2.05, 4.69) is 20.3 Å². The Morgan fingerprint density at radius 2 is 2.12 bits per heavy atom. The van der Waals surface area contributed by atoms with E-state index in [9.17, 15) is 4.79 Å². The van der Waals surface area contributed by atoms with Crippen LogP contribution in [-0.4, -0.2) is 34.7 Å². The first-order valence-corrected chi connectivity index (χ1v) is 9.06. The summed E-state index contributed by atoms with van der Waals surface area (Å²) in [7, 11) is 1.62. The number of benzene rings is 1. The molecule has 0 fully saturated rings. The number of anilines is 3. The Kier molecular flexibility index (Phi) is 4.35. The van der Waals surface area contributed by atoms with Crippen molar-refractivity contribution in [3.8, 4) is 0 Å². The highest BCUT2D eigenvalue weighted by Gasteiger charge is 2.26. The molecular formula is C16H13N5O2S2. The van der Waals surface area contributed by atoms with Crippen LogP contribution in [-0.2, 0) is 4.74 Å². The van der Waals surface area contributed by atoms with Crippen LogP contribution >= 0.6 is 23.1 Å². The Hall–Kier alpha value is -2.49. The molecule has 3 aromatic rings. The highest BCUT2D eigenvalue weighted by atomic mass is 32.2. The predicted molar refractivity (Wildman–Crippen MR) is 96.7 cm³/mol. The summed E-state index contributed by atoms with van der Waals surface area (Å²) in [5, 5.41) is 5.99. The first kappa shape index (κ1) is 16.0. The van der Waals surface area contributed by atoms with Crippen LogP contribution in [0.1, 0.15) is 10.4 Å². The number of carbonyl (C=O) groups excluding carboxylic acids is 1. The van der Waals surface area contributed by atoms with Crippen molar-refractivity contribution in [2.75, 3.05) is 24.1 Å². The number of nitrogens with one attached hydrogen (secondary N) is 1. The Bertz CT molecular complexity index is 917. The Morgan fingerprint density at radius 1 is 1.24 bits per heavy atom. The van der Waals surface area contributed by atoms with Gasteiger partial charge in [0.1, 0.15) is 11.8 Å². The molecule has 0 bridgehead atoms. The van der Waals surface area contributed by atoms with Gasteiger partial charge in [-0.25, -0.2) is 15.0 Å². The number of ether oxygens (including phenoxy) is 1. The molecule has 3 heterocycles. The number of carbonyl (C=O) groups is 1. The van der Waals surface area contributed by atoms with Crippen LogP contribution in [0.25, 0.3) is 0 Å². The monoisotopic (exact) mass is 371 g/mol. The first-order valence-electron chi connectivity index (χ1n) is 7.36. The first-order chi connectivity index (χ1) is 12.3. The van der Waals surface area contributed by atoms with Gasteiger partial charge in [0, 0.05) is 41.5 Å². The lowest BCUT2D eigenvalue weighted by molar-refractivity contribution is 0.102. The fraction of sp³-hybridized carbons (Fsp3) is 0.125. The molecule has 0 saturated heterocycles. The second-order valence-corrected chi connectivity index (χ2v) is 7.03. The van der Waals surface area contributed by atoms with Crippen molar-refractivity contribution in [2.45, 2.75) is 9.92 Å². The summed E-state index contributed by atoms with van der Waals surface area (Å²) in [6.45, 7) is 0.316. The van der Waals surface area contributed by atoms with Gasteiger partial charge in [0.2, 0.25) is 0 Å². The fourth-order valence-corrected chi connectivity index (χ4v) is 3.97. The molecule has 126 valence electrons. The summed E-state index contributed by atoms with van der Waals surface area (Å²) >= 11 is 2.90. The number of thiazole rings is 1. The van der Waals surface area contributed by atoms with Crippen molar-refractivity contribution in [3.63, 3.8) is 0 Å². The van der Waals surface area contributed by atoms with E-state index in [4.69, 9.17) is 4.74 Å². The van der Waals surface area contributed by atoms with E-state index in [1.54, 1.807) is 31.8 Å². The minimum absolute atomic E-state index is 0.204. The molecule has 1 aliphatic heterocycles. The highest BCUT2D eigenvalue weighted by molar-refractivity contribution is 7.99. The van der Waals surface area contributed by atoms with Gasteiger partial charge in [-0.3, -0.25) is 15.0 Å². The Balaban J connectivity index is 1.69. The van der Waals surface area contributed by atoms with E-state index in [0.29, 0.717) is 17.4 Å². The lowest BCUT2D eigenvalue weighted by atomic mass is 10.1. The number of fused-ring (bicyclic) bond motifs is 2. The quantitative estimate of drug-likeness (QED) is 0.753. The molecule has 1 N–H and O–H groups in total. The number of hydrogen-bond donors (Lipinski definition) is 1. The summed E-state index contributed by atoms with van der Waals surface area (Å²) in [5.41, 5.74) is 1.41. The van der Waals surface area contributed by atoms with Gasteiger partial charge < -0.3 is 4.74 Å². The van der Waals surface area contributed by atoms with Crippen LogP contribution < -0.4 is 10.2 Å². The molecule has 9 heteroatoms. The average Bonchev–Trinajstić information content (AvgIpc) is 3.14. The van der Waals surface area contributed by atoms with E-state index in [1.165, 1.54) is 23.1 Å². The van der Waals surface area contributed by atoms with Crippen molar-refractivity contribution in [2.24, 2.45) is 0 Å². The SMILES string of the molecule is COCN1c2cc(C(=O)Nc3nccs3)ccc2Sc2nccnc21. The van der Waals surface area contributed by atoms with Gasteiger partial charge in [0.15, 0.2) is 10.9 Å². The van der Waals surface area contributed by atoms with Crippen LogP contribution in [0.4, 0.5) is 16.6 Å². The van der Waals surface area contributed by atoms with Gasteiger partial charge in [-0.15, -0.1) is 11.3 Å². The van der Waals surface area contributed by atoms with Crippen LogP contribution in [0, 0.1) is 0 Å². The molecule has 0 aliphatic carbocycles. The third kappa shape index (κ3) is 3.09. The lowest BCUT2D eigenvalue weighted by Gasteiger charge is -2.30. The zero-order chi connectivity index (χ0) is 17.2. The highest BCUT2D eigenvalue weighted by Crippen LogP contribution is 2.46. The number of amides is 1. The summed E-state index contributed by atoms with van der Waals surface area (Å²) in [4.78, 5) is 28.2. The van der Waals surface area contributed by atoms with Crippen molar-refractivity contribution in [1.82, 2.24) is 15.0 Å². The van der Waals surface area contributed by atoms with Crippen LogP contribution in [0.5, 0.6) is 0 Å². The summed E-state index contributed by atoms with van der Waals surface area (Å²) in [5.74, 6) is 0.518. The number of hydrogen-bond acceptors (Lipinski definition) is 8. The molecule has 1 aromatic carbocycles. The minimum atomic E-state index is -0.204. The van der Waals surface area contributed by atoms with Gasteiger partial charge in [-0.2, -0.15) is 0 Å². The van der Waals surface area contributed by atoms with Crippen molar-refractivity contribution < 1.29 is 9.53 Å². The number of methoxy groups -OCH3 is 1. The van der Waals surface area contributed by atoms with Gasteiger partial charge in [0.05, 0.1) is 5.69 Å². The third-order valence-electron chi connectivity index (χ3n) is 3.53. The maximum atomic E-state index is 12.5. The predicted octanol–water partition coefficient (Wildman–Crippen LogP) is 3.39. The zero-order valence-corrected chi connectivity index (χ0v) is 14.8. The molecule has 0 atom stereocenters. The largest absolute Gasteiger partial charge is 0.364 e.